The van der Waals surface area contributed by atoms with Crippen LogP contribution in [0.1, 0.15) is 11.5 Å². The Morgan fingerprint density at radius 3 is 2.89 bits per heavy atom. The van der Waals surface area contributed by atoms with E-state index in [1.807, 2.05) is 14.0 Å². The monoisotopic (exact) mass is 291 g/mol. The number of anilines is 1. The van der Waals surface area contributed by atoms with E-state index in [2.05, 4.69) is 42.6 Å². The third-order valence-electron chi connectivity index (χ3n) is 2.62. The topological polar surface area (TPSA) is 55.6 Å². The van der Waals surface area contributed by atoms with E-state index < -0.39 is 0 Å². The number of nitrogens with zero attached hydrogens (tertiary/aromatic N) is 4. The Balaban J connectivity index is 1.69. The van der Waals surface area contributed by atoms with Gasteiger partial charge in [-0.25, -0.2) is 9.67 Å². The molecule has 0 amide bonds. The summed E-state index contributed by atoms with van der Waals surface area (Å²) in [6.45, 7) is 2.54. The van der Waals surface area contributed by atoms with Crippen molar-refractivity contribution in [2.24, 2.45) is 7.05 Å². The van der Waals surface area contributed by atoms with E-state index in [9.17, 15) is 0 Å². The summed E-state index contributed by atoms with van der Waals surface area (Å²) in [5.74, 6) is 1.53. The van der Waals surface area contributed by atoms with Gasteiger partial charge in [0.25, 0.3) is 0 Å². The zero-order valence-corrected chi connectivity index (χ0v) is 12.3. The first-order chi connectivity index (χ1) is 9.22. The van der Waals surface area contributed by atoms with E-state index in [0.29, 0.717) is 6.54 Å². The molecule has 19 heavy (non-hydrogen) atoms. The zero-order valence-electron chi connectivity index (χ0n) is 10.6. The number of hydrogen-bond acceptors (Lipinski definition) is 6. The van der Waals surface area contributed by atoms with Crippen LogP contribution in [0.15, 0.2) is 22.2 Å². The highest BCUT2D eigenvalue weighted by atomic mass is 32.1. The normalized spacial score (nSPS) is 10.8. The van der Waals surface area contributed by atoms with Crippen molar-refractivity contribution in [1.29, 1.82) is 0 Å². The van der Waals surface area contributed by atoms with Crippen LogP contribution in [0.2, 0.25) is 0 Å². The van der Waals surface area contributed by atoms with Crippen molar-refractivity contribution in [3.05, 3.63) is 33.7 Å². The van der Waals surface area contributed by atoms with Gasteiger partial charge < -0.3 is 5.32 Å². The van der Waals surface area contributed by atoms with Crippen molar-refractivity contribution in [3.63, 3.8) is 0 Å². The Labute approximate surface area is 119 Å². The summed E-state index contributed by atoms with van der Waals surface area (Å²) in [6.07, 6.45) is 0. The molecule has 1 N–H and O–H groups in total. The van der Waals surface area contributed by atoms with Crippen molar-refractivity contribution in [1.82, 2.24) is 19.7 Å². The smallest absolute Gasteiger partial charge is 0.221 e. The molecule has 7 heteroatoms. The lowest BCUT2D eigenvalue weighted by Crippen LogP contribution is -2.05. The van der Waals surface area contributed by atoms with Crippen LogP contribution in [-0.4, -0.2) is 19.7 Å². The summed E-state index contributed by atoms with van der Waals surface area (Å²) in [4.78, 5) is 8.91. The molecule has 0 saturated heterocycles. The van der Waals surface area contributed by atoms with Gasteiger partial charge in [0.1, 0.15) is 10.8 Å². The molecule has 0 fully saturated rings. The standard InChI is InChI=1S/C12H13N5S2/c1-8-14-12(17(2)16-8)13-5-10-7-19-11(15-10)9-3-4-18-6-9/h3-4,6-7H,5H2,1-2H3,(H,13,14,16). The molecule has 3 aromatic heterocycles. The molecule has 0 atom stereocenters. The number of thiophene rings is 1. The van der Waals surface area contributed by atoms with Crippen LogP contribution in [0, 0.1) is 6.92 Å². The summed E-state index contributed by atoms with van der Waals surface area (Å²) in [6, 6.07) is 2.09. The largest absolute Gasteiger partial charge is 0.349 e. The van der Waals surface area contributed by atoms with Crippen LogP contribution in [0.4, 0.5) is 5.95 Å². The Morgan fingerprint density at radius 1 is 1.32 bits per heavy atom. The lowest BCUT2D eigenvalue weighted by molar-refractivity contribution is 0.757. The molecule has 0 aliphatic carbocycles. The van der Waals surface area contributed by atoms with E-state index in [1.165, 1.54) is 5.56 Å². The fourth-order valence-corrected chi connectivity index (χ4v) is 3.27. The third kappa shape index (κ3) is 2.66. The summed E-state index contributed by atoms with van der Waals surface area (Å²) < 4.78 is 1.74. The third-order valence-corrected chi connectivity index (χ3v) is 4.24. The minimum atomic E-state index is 0.659. The molecule has 0 saturated carbocycles. The van der Waals surface area contributed by atoms with Crippen molar-refractivity contribution in [2.45, 2.75) is 13.5 Å². The second kappa shape index (κ2) is 5.10. The van der Waals surface area contributed by atoms with E-state index in [1.54, 1.807) is 27.4 Å². The maximum Gasteiger partial charge on any atom is 0.221 e. The van der Waals surface area contributed by atoms with E-state index in [0.717, 1.165) is 22.5 Å². The second-order valence-electron chi connectivity index (χ2n) is 4.12. The molecular weight excluding hydrogens is 278 g/mol. The maximum atomic E-state index is 4.61. The molecule has 0 aliphatic rings. The molecule has 0 spiro atoms. The molecule has 3 rings (SSSR count). The average Bonchev–Trinajstić information content (AvgIpc) is 3.07. The molecule has 0 aliphatic heterocycles. The van der Waals surface area contributed by atoms with E-state index >= 15 is 0 Å². The molecule has 0 bridgehead atoms. The quantitative estimate of drug-likeness (QED) is 0.803. The highest BCUT2D eigenvalue weighted by molar-refractivity contribution is 7.14. The number of hydrogen-bond donors (Lipinski definition) is 1. The van der Waals surface area contributed by atoms with Crippen molar-refractivity contribution in [3.8, 4) is 10.6 Å². The number of aryl methyl sites for hydroxylation is 2. The lowest BCUT2D eigenvalue weighted by Gasteiger charge is -2.01. The van der Waals surface area contributed by atoms with Gasteiger partial charge in [-0.05, 0) is 18.4 Å². The highest BCUT2D eigenvalue weighted by Gasteiger charge is 2.07. The first-order valence-electron chi connectivity index (χ1n) is 5.81. The summed E-state index contributed by atoms with van der Waals surface area (Å²) in [5.41, 5.74) is 2.21. The minimum absolute atomic E-state index is 0.659. The summed E-state index contributed by atoms with van der Waals surface area (Å²) in [7, 11) is 1.88. The number of aromatic nitrogens is 4. The van der Waals surface area contributed by atoms with Crippen molar-refractivity contribution in [2.75, 3.05) is 5.32 Å². The van der Waals surface area contributed by atoms with Gasteiger partial charge in [0, 0.05) is 23.4 Å². The zero-order chi connectivity index (χ0) is 13.2. The molecule has 3 aromatic rings. The Hall–Kier alpha value is -1.73. The van der Waals surface area contributed by atoms with Crippen molar-refractivity contribution >= 4 is 28.6 Å². The van der Waals surface area contributed by atoms with Crippen LogP contribution in [0.5, 0.6) is 0 Å². The van der Waals surface area contributed by atoms with Crippen LogP contribution in [0.3, 0.4) is 0 Å². The first-order valence-corrected chi connectivity index (χ1v) is 7.63. The molecule has 5 nitrogen and oxygen atoms in total. The fourth-order valence-electron chi connectivity index (χ4n) is 1.74. The van der Waals surface area contributed by atoms with Gasteiger partial charge in [0.2, 0.25) is 5.95 Å². The van der Waals surface area contributed by atoms with Crippen LogP contribution in [0.25, 0.3) is 10.6 Å². The molecular formula is C12H13N5S2. The molecule has 98 valence electrons. The van der Waals surface area contributed by atoms with Crippen LogP contribution in [-0.2, 0) is 13.6 Å². The predicted octanol–water partition coefficient (Wildman–Crippen LogP) is 2.92. The predicted molar refractivity (Wildman–Crippen MR) is 78.5 cm³/mol. The van der Waals surface area contributed by atoms with Gasteiger partial charge in [0.05, 0.1) is 12.2 Å². The van der Waals surface area contributed by atoms with Gasteiger partial charge in [-0.1, -0.05) is 0 Å². The Kier molecular flexibility index (Phi) is 3.31. The molecule has 0 radical (unpaired) electrons. The minimum Gasteiger partial charge on any atom is -0.349 e. The second-order valence-corrected chi connectivity index (χ2v) is 5.75. The average molecular weight is 291 g/mol. The van der Waals surface area contributed by atoms with Gasteiger partial charge in [-0.15, -0.1) is 11.3 Å². The van der Waals surface area contributed by atoms with Gasteiger partial charge >= 0.3 is 0 Å². The van der Waals surface area contributed by atoms with Crippen LogP contribution >= 0.6 is 22.7 Å². The van der Waals surface area contributed by atoms with Crippen molar-refractivity contribution < 1.29 is 0 Å². The SMILES string of the molecule is Cc1nc(NCc2csc(-c3ccsc3)n2)n(C)n1. The van der Waals surface area contributed by atoms with Gasteiger partial charge in [-0.3, -0.25) is 0 Å². The Morgan fingerprint density at radius 2 is 2.21 bits per heavy atom. The fraction of sp³-hybridized carbons (Fsp3) is 0.250. The highest BCUT2D eigenvalue weighted by Crippen LogP contribution is 2.25. The van der Waals surface area contributed by atoms with Gasteiger partial charge in [-0.2, -0.15) is 21.4 Å². The molecule has 0 unspecified atom stereocenters. The van der Waals surface area contributed by atoms with E-state index in [4.69, 9.17) is 0 Å². The molecule has 0 aromatic carbocycles. The van der Waals surface area contributed by atoms with E-state index in [-0.39, 0.29) is 0 Å². The van der Waals surface area contributed by atoms with Gasteiger partial charge in [0.15, 0.2) is 0 Å². The number of rotatable bonds is 4. The summed E-state index contributed by atoms with van der Waals surface area (Å²) >= 11 is 3.35. The molecule has 3 heterocycles. The first kappa shape index (κ1) is 12.3. The Bertz CT molecular complexity index is 668. The van der Waals surface area contributed by atoms with Crippen LogP contribution < -0.4 is 5.32 Å². The number of nitrogens with one attached hydrogen (secondary N) is 1. The summed E-state index contributed by atoms with van der Waals surface area (Å²) in [5, 5.41) is 14.8. The lowest BCUT2D eigenvalue weighted by atomic mass is 10.3. The maximum absolute atomic E-state index is 4.61. The number of thiazole rings is 1.